The first-order chi connectivity index (χ1) is 11.7. The second-order valence-corrected chi connectivity index (χ2v) is 6.88. The van der Waals surface area contributed by atoms with Crippen LogP contribution < -0.4 is 10.2 Å². The Morgan fingerprint density at radius 2 is 2.04 bits per heavy atom. The SMILES string of the molecule is N#CC1(NC(=O)C2CCN(c3ncc(C(F)(F)F)cc3Cl)CC2)CC1. The van der Waals surface area contributed by atoms with Crippen molar-refractivity contribution in [3.8, 4) is 6.07 Å². The lowest BCUT2D eigenvalue weighted by molar-refractivity contribution is -0.137. The number of rotatable bonds is 3. The molecule has 0 bridgehead atoms. The molecular weight excluding hydrogens is 357 g/mol. The Bertz CT molecular complexity index is 719. The smallest absolute Gasteiger partial charge is 0.355 e. The van der Waals surface area contributed by atoms with E-state index in [0.717, 1.165) is 12.3 Å². The van der Waals surface area contributed by atoms with Gasteiger partial charge < -0.3 is 10.2 Å². The maximum atomic E-state index is 12.7. The van der Waals surface area contributed by atoms with Gasteiger partial charge in [-0.1, -0.05) is 11.6 Å². The first-order valence-corrected chi connectivity index (χ1v) is 8.33. The van der Waals surface area contributed by atoms with E-state index in [0.29, 0.717) is 44.6 Å². The van der Waals surface area contributed by atoms with E-state index in [1.165, 1.54) is 0 Å². The van der Waals surface area contributed by atoms with Gasteiger partial charge in [0.15, 0.2) is 0 Å². The van der Waals surface area contributed by atoms with Crippen LogP contribution in [-0.4, -0.2) is 29.5 Å². The highest BCUT2D eigenvalue weighted by atomic mass is 35.5. The van der Waals surface area contributed by atoms with E-state index < -0.39 is 17.3 Å². The number of pyridine rings is 1. The summed E-state index contributed by atoms with van der Waals surface area (Å²) < 4.78 is 38.0. The number of hydrogen-bond acceptors (Lipinski definition) is 4. The number of carbonyl (C=O) groups excluding carboxylic acids is 1. The van der Waals surface area contributed by atoms with Crippen LogP contribution in [0.2, 0.25) is 5.02 Å². The normalized spacial score (nSPS) is 20.0. The van der Waals surface area contributed by atoms with E-state index in [1.807, 2.05) is 0 Å². The topological polar surface area (TPSA) is 69.0 Å². The van der Waals surface area contributed by atoms with Gasteiger partial charge in [0.25, 0.3) is 0 Å². The summed E-state index contributed by atoms with van der Waals surface area (Å²) in [5.74, 6) is -0.0512. The van der Waals surface area contributed by atoms with E-state index in [1.54, 1.807) is 4.90 Å². The number of hydrogen-bond donors (Lipinski definition) is 1. The van der Waals surface area contributed by atoms with Crippen LogP contribution in [0.3, 0.4) is 0 Å². The number of piperidine rings is 1. The monoisotopic (exact) mass is 372 g/mol. The lowest BCUT2D eigenvalue weighted by Gasteiger charge is -2.33. The molecule has 0 radical (unpaired) electrons. The molecule has 0 unspecified atom stereocenters. The van der Waals surface area contributed by atoms with Crippen LogP contribution in [0.15, 0.2) is 12.3 Å². The molecule has 9 heteroatoms. The zero-order chi connectivity index (χ0) is 18.2. The van der Waals surface area contributed by atoms with E-state index in [9.17, 15) is 18.0 Å². The average Bonchev–Trinajstić information content (AvgIpc) is 3.34. The molecule has 2 aliphatic rings. The van der Waals surface area contributed by atoms with Crippen LogP contribution in [0.1, 0.15) is 31.2 Å². The summed E-state index contributed by atoms with van der Waals surface area (Å²) in [6.45, 7) is 0.936. The third kappa shape index (κ3) is 3.82. The quantitative estimate of drug-likeness (QED) is 0.885. The van der Waals surface area contributed by atoms with Gasteiger partial charge in [-0.3, -0.25) is 4.79 Å². The zero-order valence-electron chi connectivity index (χ0n) is 13.2. The molecule has 1 saturated carbocycles. The predicted molar refractivity (Wildman–Crippen MR) is 84.9 cm³/mol. The number of alkyl halides is 3. The van der Waals surface area contributed by atoms with Crippen molar-refractivity contribution in [3.63, 3.8) is 0 Å². The Morgan fingerprint density at radius 3 is 2.52 bits per heavy atom. The first kappa shape index (κ1) is 17.8. The van der Waals surface area contributed by atoms with Crippen molar-refractivity contribution in [1.29, 1.82) is 5.26 Å². The Morgan fingerprint density at radius 1 is 1.40 bits per heavy atom. The highest BCUT2D eigenvalue weighted by Crippen LogP contribution is 2.36. The molecule has 2 heterocycles. The molecule has 0 atom stereocenters. The molecule has 1 aromatic rings. The van der Waals surface area contributed by atoms with Crippen LogP contribution in [-0.2, 0) is 11.0 Å². The van der Waals surface area contributed by atoms with Crippen LogP contribution in [0.4, 0.5) is 19.0 Å². The molecule has 1 aliphatic heterocycles. The Labute approximate surface area is 147 Å². The van der Waals surface area contributed by atoms with E-state index >= 15 is 0 Å². The summed E-state index contributed by atoms with van der Waals surface area (Å²) in [5.41, 5.74) is -1.58. The van der Waals surface area contributed by atoms with Gasteiger partial charge in [-0.15, -0.1) is 0 Å². The first-order valence-electron chi connectivity index (χ1n) is 7.95. The molecule has 134 valence electrons. The van der Waals surface area contributed by atoms with E-state index in [-0.39, 0.29) is 16.8 Å². The lowest BCUT2D eigenvalue weighted by Crippen LogP contribution is -2.44. The van der Waals surface area contributed by atoms with Gasteiger partial charge in [-0.25, -0.2) is 4.98 Å². The van der Waals surface area contributed by atoms with Gasteiger partial charge in [-0.2, -0.15) is 18.4 Å². The molecule has 0 spiro atoms. The van der Waals surface area contributed by atoms with Gasteiger partial charge in [0, 0.05) is 25.2 Å². The van der Waals surface area contributed by atoms with Crippen LogP contribution in [0, 0.1) is 17.2 Å². The van der Waals surface area contributed by atoms with Crippen LogP contribution in [0.5, 0.6) is 0 Å². The number of halogens is 4. The van der Waals surface area contributed by atoms with Gasteiger partial charge >= 0.3 is 6.18 Å². The largest absolute Gasteiger partial charge is 0.417 e. The minimum Gasteiger partial charge on any atom is -0.355 e. The lowest BCUT2D eigenvalue weighted by atomic mass is 9.95. The summed E-state index contributed by atoms with van der Waals surface area (Å²) in [6, 6.07) is 2.99. The fourth-order valence-corrected chi connectivity index (χ4v) is 3.19. The molecule has 1 aromatic heterocycles. The maximum Gasteiger partial charge on any atom is 0.417 e. The molecule has 5 nitrogen and oxygen atoms in total. The molecule has 0 aromatic carbocycles. The summed E-state index contributed by atoms with van der Waals surface area (Å²) in [6.07, 6.45) is -1.29. The summed E-state index contributed by atoms with van der Waals surface area (Å²) in [5, 5.41) is 11.8. The van der Waals surface area contributed by atoms with Crippen LogP contribution in [0.25, 0.3) is 0 Å². The molecule has 3 rings (SSSR count). The third-order valence-electron chi connectivity index (χ3n) is 4.64. The number of carbonyl (C=O) groups is 1. The van der Waals surface area contributed by atoms with Gasteiger partial charge in [0.1, 0.15) is 11.4 Å². The minimum absolute atomic E-state index is 0.0564. The van der Waals surface area contributed by atoms with Crippen molar-refractivity contribution >= 4 is 23.3 Å². The standard InChI is InChI=1S/C16H16ClF3N4O/c17-12-7-11(16(18,19)20)8-22-13(12)24-5-1-10(2-6-24)14(25)23-15(9-21)3-4-15/h7-8,10H,1-6H2,(H,23,25). The number of nitrogens with zero attached hydrogens (tertiary/aromatic N) is 3. The van der Waals surface area contributed by atoms with Crippen molar-refractivity contribution < 1.29 is 18.0 Å². The van der Waals surface area contributed by atoms with Crippen molar-refractivity contribution in [2.45, 2.75) is 37.4 Å². The Balaban J connectivity index is 1.61. The number of aromatic nitrogens is 1. The van der Waals surface area contributed by atoms with Crippen LogP contribution >= 0.6 is 11.6 Å². The number of anilines is 1. The van der Waals surface area contributed by atoms with Gasteiger partial charge in [0.05, 0.1) is 16.7 Å². The molecule has 2 fully saturated rings. The van der Waals surface area contributed by atoms with E-state index in [2.05, 4.69) is 16.4 Å². The summed E-state index contributed by atoms with van der Waals surface area (Å²) in [7, 11) is 0. The van der Waals surface area contributed by atoms with Crippen molar-refractivity contribution in [1.82, 2.24) is 10.3 Å². The number of nitriles is 1. The summed E-state index contributed by atoms with van der Waals surface area (Å²) >= 11 is 5.96. The molecule has 1 amide bonds. The fraction of sp³-hybridized carbons (Fsp3) is 0.562. The zero-order valence-corrected chi connectivity index (χ0v) is 14.0. The van der Waals surface area contributed by atoms with Crippen molar-refractivity contribution in [2.24, 2.45) is 5.92 Å². The van der Waals surface area contributed by atoms with Crippen molar-refractivity contribution in [2.75, 3.05) is 18.0 Å². The molecule has 1 aliphatic carbocycles. The Kier molecular flexibility index (Phi) is 4.54. The van der Waals surface area contributed by atoms with Gasteiger partial charge in [-0.05, 0) is 31.7 Å². The highest BCUT2D eigenvalue weighted by molar-refractivity contribution is 6.33. The minimum atomic E-state index is -4.49. The molecule has 25 heavy (non-hydrogen) atoms. The van der Waals surface area contributed by atoms with E-state index in [4.69, 9.17) is 16.9 Å². The third-order valence-corrected chi connectivity index (χ3v) is 4.92. The molecule has 1 saturated heterocycles. The number of amides is 1. The second kappa shape index (κ2) is 6.37. The molecule has 1 N–H and O–H groups in total. The summed E-state index contributed by atoms with van der Waals surface area (Å²) in [4.78, 5) is 17.9. The average molecular weight is 373 g/mol. The molecular formula is C16H16ClF3N4O. The highest BCUT2D eigenvalue weighted by Gasteiger charge is 2.45. The fourth-order valence-electron chi connectivity index (χ4n) is 2.90. The predicted octanol–water partition coefficient (Wildman–Crippen LogP) is 3.14. The van der Waals surface area contributed by atoms with Gasteiger partial charge in [0.2, 0.25) is 5.91 Å². The Hall–Kier alpha value is -2.01. The second-order valence-electron chi connectivity index (χ2n) is 6.47. The number of nitrogens with one attached hydrogen (secondary N) is 1. The van der Waals surface area contributed by atoms with Crippen molar-refractivity contribution in [3.05, 3.63) is 22.8 Å². The maximum absolute atomic E-state index is 12.7.